The average molecular weight is 595 g/mol. The molecule has 1 saturated heterocycles. The molecule has 1 aliphatic heterocycles. The lowest BCUT2D eigenvalue weighted by Crippen LogP contribution is -2.38. The van der Waals surface area contributed by atoms with E-state index in [2.05, 4.69) is 15.3 Å². The fraction of sp³-hybridized carbons (Fsp3) is 0.290. The Morgan fingerprint density at radius 3 is 2.33 bits per heavy atom. The molecule has 2 amide bonds. The molecule has 0 atom stereocenters. The molecule has 0 saturated carbocycles. The standard InChI is InChI=1S/C31H29F3N4O5/c1-42-26-15-24-25(16-27(26)43-17-20-10-12-38(13-11-20)30(40)41)35-18-36-29(24)21-4-8-23(9-5-21)37-28(39)14-19-2-6-22(7-3-19)31(32,33)34/h2-9,15-16,18,20H,10-14,17H2,1H3,(H,37,39)(H,40,41). The van der Waals surface area contributed by atoms with E-state index >= 15 is 0 Å². The van der Waals surface area contributed by atoms with Gasteiger partial charge in [0.2, 0.25) is 5.91 Å². The van der Waals surface area contributed by atoms with Gasteiger partial charge in [0, 0.05) is 35.8 Å². The van der Waals surface area contributed by atoms with Crippen molar-refractivity contribution in [3.63, 3.8) is 0 Å². The first-order valence-corrected chi connectivity index (χ1v) is 13.6. The summed E-state index contributed by atoms with van der Waals surface area (Å²) in [6.45, 7) is 1.40. The van der Waals surface area contributed by atoms with E-state index in [9.17, 15) is 22.8 Å². The van der Waals surface area contributed by atoms with Crippen molar-refractivity contribution in [2.45, 2.75) is 25.4 Å². The SMILES string of the molecule is COc1cc2c(-c3ccc(NC(=O)Cc4ccc(C(F)(F)F)cc4)cc3)ncnc2cc1OCC1CCN(C(=O)O)CC1. The fourth-order valence-electron chi connectivity index (χ4n) is 4.98. The highest BCUT2D eigenvalue weighted by atomic mass is 19.4. The molecule has 224 valence electrons. The summed E-state index contributed by atoms with van der Waals surface area (Å²) >= 11 is 0. The maximum absolute atomic E-state index is 12.8. The number of carbonyl (C=O) groups is 2. The van der Waals surface area contributed by atoms with Gasteiger partial charge in [0.25, 0.3) is 0 Å². The number of halogens is 3. The summed E-state index contributed by atoms with van der Waals surface area (Å²) in [7, 11) is 1.55. The number of hydrogen-bond acceptors (Lipinski definition) is 6. The van der Waals surface area contributed by atoms with Crippen LogP contribution >= 0.6 is 0 Å². The molecule has 0 unspecified atom stereocenters. The van der Waals surface area contributed by atoms with Crippen LogP contribution in [0.3, 0.4) is 0 Å². The third-order valence-electron chi connectivity index (χ3n) is 7.37. The van der Waals surface area contributed by atoms with Crippen LogP contribution in [0.2, 0.25) is 0 Å². The van der Waals surface area contributed by atoms with Gasteiger partial charge in [0.15, 0.2) is 11.5 Å². The number of hydrogen-bond donors (Lipinski definition) is 2. The number of alkyl halides is 3. The highest BCUT2D eigenvalue weighted by molar-refractivity contribution is 5.95. The van der Waals surface area contributed by atoms with Crippen molar-refractivity contribution in [2.75, 3.05) is 32.1 Å². The predicted octanol–water partition coefficient (Wildman–Crippen LogP) is 6.27. The minimum absolute atomic E-state index is 0.0673. The summed E-state index contributed by atoms with van der Waals surface area (Å²) in [6.07, 6.45) is -2.50. The molecule has 12 heteroatoms. The Kier molecular flexibility index (Phi) is 8.65. The van der Waals surface area contributed by atoms with Gasteiger partial charge in [-0.05, 0) is 54.7 Å². The average Bonchev–Trinajstić information content (AvgIpc) is 2.99. The monoisotopic (exact) mass is 594 g/mol. The molecular weight excluding hydrogens is 565 g/mol. The van der Waals surface area contributed by atoms with Crippen LogP contribution in [-0.2, 0) is 17.4 Å². The first-order chi connectivity index (χ1) is 20.6. The minimum atomic E-state index is -4.43. The van der Waals surface area contributed by atoms with Crippen LogP contribution in [0, 0.1) is 5.92 Å². The number of benzene rings is 3. The predicted molar refractivity (Wildman–Crippen MR) is 153 cm³/mol. The summed E-state index contributed by atoms with van der Waals surface area (Å²) in [5.74, 6) is 0.917. The Morgan fingerprint density at radius 2 is 1.70 bits per heavy atom. The van der Waals surface area contributed by atoms with E-state index < -0.39 is 17.8 Å². The van der Waals surface area contributed by atoms with Crippen molar-refractivity contribution in [3.05, 3.63) is 78.1 Å². The number of methoxy groups -OCH3 is 1. The number of nitrogens with zero attached hydrogens (tertiary/aromatic N) is 3. The maximum atomic E-state index is 12.8. The summed E-state index contributed by atoms with van der Waals surface area (Å²) in [6, 6.07) is 15.2. The quantitative estimate of drug-likeness (QED) is 0.247. The van der Waals surface area contributed by atoms with Crippen molar-refractivity contribution >= 4 is 28.6 Å². The van der Waals surface area contributed by atoms with Gasteiger partial charge in [-0.15, -0.1) is 0 Å². The molecule has 0 spiro atoms. The zero-order chi connectivity index (χ0) is 30.6. The van der Waals surface area contributed by atoms with Crippen LogP contribution in [-0.4, -0.2) is 58.8 Å². The molecule has 0 bridgehead atoms. The van der Waals surface area contributed by atoms with Crippen LogP contribution in [0.5, 0.6) is 11.5 Å². The third-order valence-corrected chi connectivity index (χ3v) is 7.37. The van der Waals surface area contributed by atoms with Crippen molar-refractivity contribution in [1.82, 2.24) is 14.9 Å². The minimum Gasteiger partial charge on any atom is -0.493 e. The molecule has 2 heterocycles. The number of piperidine rings is 1. The van der Waals surface area contributed by atoms with Gasteiger partial charge in [0.1, 0.15) is 6.33 Å². The molecule has 43 heavy (non-hydrogen) atoms. The number of anilines is 1. The molecule has 1 aromatic heterocycles. The number of ether oxygens (including phenoxy) is 2. The molecule has 1 fully saturated rings. The third kappa shape index (κ3) is 7.14. The van der Waals surface area contributed by atoms with Crippen molar-refractivity contribution < 1.29 is 37.3 Å². The smallest absolute Gasteiger partial charge is 0.416 e. The van der Waals surface area contributed by atoms with Crippen molar-refractivity contribution in [1.29, 1.82) is 0 Å². The number of likely N-dealkylation sites (tertiary alicyclic amines) is 1. The second-order valence-electron chi connectivity index (χ2n) is 10.3. The number of aromatic nitrogens is 2. The molecule has 5 rings (SSSR count). The topological polar surface area (TPSA) is 114 Å². The first kappa shape index (κ1) is 29.6. The van der Waals surface area contributed by atoms with E-state index in [4.69, 9.17) is 14.6 Å². The molecule has 9 nitrogen and oxygen atoms in total. The van der Waals surface area contributed by atoms with Gasteiger partial charge in [-0.25, -0.2) is 14.8 Å². The van der Waals surface area contributed by atoms with Crippen LogP contribution in [0.25, 0.3) is 22.2 Å². The van der Waals surface area contributed by atoms with E-state index in [0.717, 1.165) is 35.9 Å². The number of amides is 2. The fourth-order valence-corrected chi connectivity index (χ4v) is 4.98. The van der Waals surface area contributed by atoms with Crippen molar-refractivity contribution in [3.8, 4) is 22.8 Å². The number of carbonyl (C=O) groups excluding carboxylic acids is 1. The highest BCUT2D eigenvalue weighted by Crippen LogP contribution is 2.36. The zero-order valence-electron chi connectivity index (χ0n) is 23.2. The van der Waals surface area contributed by atoms with Crippen LogP contribution in [0.4, 0.5) is 23.7 Å². The normalized spacial score (nSPS) is 14.0. The van der Waals surface area contributed by atoms with E-state index in [1.54, 1.807) is 37.4 Å². The van der Waals surface area contributed by atoms with Crippen LogP contribution in [0.1, 0.15) is 24.0 Å². The van der Waals surface area contributed by atoms with Gasteiger partial charge in [-0.1, -0.05) is 24.3 Å². The maximum Gasteiger partial charge on any atom is 0.416 e. The molecule has 2 N–H and O–H groups in total. The summed E-state index contributed by atoms with van der Waals surface area (Å²) in [5, 5.41) is 12.7. The van der Waals surface area contributed by atoms with Crippen molar-refractivity contribution in [2.24, 2.45) is 5.92 Å². The number of carboxylic acid groups (broad SMARTS) is 1. The lowest BCUT2D eigenvalue weighted by Gasteiger charge is -2.29. The van der Waals surface area contributed by atoms with Gasteiger partial charge in [0.05, 0.1) is 36.9 Å². The Balaban J connectivity index is 1.25. The molecule has 0 radical (unpaired) electrons. The Labute approximate surface area is 245 Å². The molecule has 4 aromatic rings. The van der Waals surface area contributed by atoms with Crippen LogP contribution in [0.15, 0.2) is 67.0 Å². The Morgan fingerprint density at radius 1 is 1.00 bits per heavy atom. The Bertz CT molecular complexity index is 1600. The lowest BCUT2D eigenvalue weighted by atomic mass is 9.98. The molecule has 1 aliphatic rings. The summed E-state index contributed by atoms with van der Waals surface area (Å²) in [5.41, 5.74) is 2.31. The second kappa shape index (κ2) is 12.6. The zero-order valence-corrected chi connectivity index (χ0v) is 23.2. The largest absolute Gasteiger partial charge is 0.493 e. The lowest BCUT2D eigenvalue weighted by molar-refractivity contribution is -0.137. The molecular formula is C31H29F3N4O5. The highest BCUT2D eigenvalue weighted by Gasteiger charge is 2.30. The van der Waals surface area contributed by atoms with Gasteiger partial charge >= 0.3 is 12.3 Å². The van der Waals surface area contributed by atoms with E-state index in [1.165, 1.54) is 23.4 Å². The first-order valence-electron chi connectivity index (χ1n) is 13.6. The van der Waals surface area contributed by atoms with E-state index in [0.29, 0.717) is 53.7 Å². The van der Waals surface area contributed by atoms with E-state index in [-0.39, 0.29) is 18.2 Å². The molecule has 3 aromatic carbocycles. The van der Waals surface area contributed by atoms with Gasteiger partial charge in [-0.2, -0.15) is 13.2 Å². The number of nitrogens with one attached hydrogen (secondary N) is 1. The summed E-state index contributed by atoms with van der Waals surface area (Å²) < 4.78 is 50.0. The van der Waals surface area contributed by atoms with E-state index in [1.807, 2.05) is 6.07 Å². The molecule has 0 aliphatic carbocycles. The van der Waals surface area contributed by atoms with Gasteiger partial charge < -0.3 is 24.8 Å². The number of fused-ring (bicyclic) bond motifs is 1. The number of rotatable bonds is 8. The van der Waals surface area contributed by atoms with Crippen LogP contribution < -0.4 is 14.8 Å². The second-order valence-corrected chi connectivity index (χ2v) is 10.3. The summed E-state index contributed by atoms with van der Waals surface area (Å²) in [4.78, 5) is 33.9. The Hall–Kier alpha value is -4.87. The van der Waals surface area contributed by atoms with Gasteiger partial charge in [-0.3, -0.25) is 4.79 Å².